The van der Waals surface area contributed by atoms with Crippen LogP contribution in [-0.4, -0.2) is 11.2 Å². The van der Waals surface area contributed by atoms with Crippen molar-refractivity contribution in [3.8, 4) is 0 Å². The molecule has 0 aromatic carbocycles. The van der Waals surface area contributed by atoms with E-state index in [-0.39, 0.29) is 11.5 Å². The predicted molar refractivity (Wildman–Crippen MR) is 61.2 cm³/mol. The highest BCUT2D eigenvalue weighted by molar-refractivity contribution is 5.35. The Labute approximate surface area is 87.5 Å². The summed E-state index contributed by atoms with van der Waals surface area (Å²) in [6.45, 7) is 10.5. The lowest BCUT2D eigenvalue weighted by Crippen LogP contribution is -2.21. The van der Waals surface area contributed by atoms with Gasteiger partial charge in [0.05, 0.1) is 6.10 Å². The van der Waals surface area contributed by atoms with Gasteiger partial charge in [0.1, 0.15) is 0 Å². The first-order chi connectivity index (χ1) is 6.43. The Morgan fingerprint density at radius 3 is 2.71 bits per heavy atom. The zero-order valence-corrected chi connectivity index (χ0v) is 9.64. The molecule has 1 heteroatoms. The first kappa shape index (κ1) is 11.5. The van der Waals surface area contributed by atoms with Crippen molar-refractivity contribution < 1.29 is 5.11 Å². The number of aliphatic hydroxyl groups excluding tert-OH is 1. The van der Waals surface area contributed by atoms with E-state index in [1.165, 1.54) is 24.0 Å². The van der Waals surface area contributed by atoms with Gasteiger partial charge in [-0.05, 0) is 43.6 Å². The Hall–Kier alpha value is -0.560. The Morgan fingerprint density at radius 2 is 2.21 bits per heavy atom. The molecule has 0 bridgehead atoms. The van der Waals surface area contributed by atoms with Crippen molar-refractivity contribution in [2.75, 3.05) is 0 Å². The smallest absolute Gasteiger partial charge is 0.0546 e. The van der Waals surface area contributed by atoms with Crippen LogP contribution < -0.4 is 0 Å². The third kappa shape index (κ3) is 2.71. The van der Waals surface area contributed by atoms with Crippen LogP contribution in [0.2, 0.25) is 0 Å². The maximum absolute atomic E-state index is 9.27. The molecule has 0 radical (unpaired) electrons. The summed E-state index contributed by atoms with van der Waals surface area (Å²) in [5.41, 5.74) is 2.89. The van der Waals surface area contributed by atoms with Crippen molar-refractivity contribution in [2.24, 2.45) is 5.41 Å². The van der Waals surface area contributed by atoms with E-state index in [0.29, 0.717) is 0 Å². The Balaban J connectivity index is 2.80. The summed E-state index contributed by atoms with van der Waals surface area (Å²) < 4.78 is 0. The minimum atomic E-state index is -0.243. The fraction of sp³-hybridized carbons (Fsp3) is 0.692. The molecule has 1 nitrogen and oxygen atoms in total. The first-order valence-corrected chi connectivity index (χ1v) is 5.50. The van der Waals surface area contributed by atoms with Crippen molar-refractivity contribution in [3.05, 3.63) is 23.8 Å². The van der Waals surface area contributed by atoms with Crippen LogP contribution in [0.5, 0.6) is 0 Å². The summed E-state index contributed by atoms with van der Waals surface area (Å²) >= 11 is 0. The average molecular weight is 194 g/mol. The van der Waals surface area contributed by atoms with Gasteiger partial charge < -0.3 is 5.11 Å². The van der Waals surface area contributed by atoms with Gasteiger partial charge in [-0.15, -0.1) is 0 Å². The van der Waals surface area contributed by atoms with Crippen molar-refractivity contribution in [1.29, 1.82) is 0 Å². The summed E-state index contributed by atoms with van der Waals surface area (Å²) in [5, 5.41) is 9.27. The van der Waals surface area contributed by atoms with Crippen LogP contribution in [-0.2, 0) is 0 Å². The largest absolute Gasteiger partial charge is 0.393 e. The molecule has 0 amide bonds. The summed E-state index contributed by atoms with van der Waals surface area (Å²) in [4.78, 5) is 0. The zero-order valence-electron chi connectivity index (χ0n) is 9.64. The van der Waals surface area contributed by atoms with E-state index in [9.17, 15) is 5.11 Å². The Bertz CT molecular complexity index is 246. The molecule has 1 fully saturated rings. The summed E-state index contributed by atoms with van der Waals surface area (Å²) in [6.07, 6.45) is 6.28. The maximum Gasteiger partial charge on any atom is 0.0546 e. The van der Waals surface area contributed by atoms with E-state index < -0.39 is 0 Å². The molecule has 0 spiro atoms. The normalized spacial score (nSPS) is 26.6. The van der Waals surface area contributed by atoms with Gasteiger partial charge in [0.2, 0.25) is 0 Å². The van der Waals surface area contributed by atoms with Crippen LogP contribution in [0.3, 0.4) is 0 Å². The van der Waals surface area contributed by atoms with Crippen LogP contribution >= 0.6 is 0 Å². The van der Waals surface area contributed by atoms with E-state index in [2.05, 4.69) is 26.5 Å². The Morgan fingerprint density at radius 1 is 1.57 bits per heavy atom. The maximum atomic E-state index is 9.27. The van der Waals surface area contributed by atoms with Crippen molar-refractivity contribution in [1.82, 2.24) is 0 Å². The fourth-order valence-corrected chi connectivity index (χ4v) is 2.20. The average Bonchev–Trinajstić information content (AvgIpc) is 2.01. The highest BCUT2D eigenvalue weighted by Crippen LogP contribution is 2.42. The van der Waals surface area contributed by atoms with Crippen LogP contribution in [0.1, 0.15) is 46.5 Å². The second-order valence-electron chi connectivity index (χ2n) is 5.04. The van der Waals surface area contributed by atoms with Gasteiger partial charge in [0, 0.05) is 0 Å². The van der Waals surface area contributed by atoms with E-state index in [4.69, 9.17) is 0 Å². The zero-order chi connectivity index (χ0) is 10.8. The standard InChI is InChI=1S/C13H22O/c1-10-6-5-9-13(3,4)12(10)8-7-11(2)14/h8,11,14H,1,5-7,9H2,2-4H3/b12-8-. The van der Waals surface area contributed by atoms with Crippen LogP contribution in [0, 0.1) is 5.41 Å². The van der Waals surface area contributed by atoms with E-state index in [1.54, 1.807) is 0 Å². The molecule has 1 unspecified atom stereocenters. The van der Waals surface area contributed by atoms with E-state index >= 15 is 0 Å². The monoisotopic (exact) mass is 194 g/mol. The highest BCUT2D eigenvalue weighted by atomic mass is 16.3. The summed E-state index contributed by atoms with van der Waals surface area (Å²) in [6, 6.07) is 0. The molecule has 0 saturated heterocycles. The molecule has 1 N–H and O–H groups in total. The van der Waals surface area contributed by atoms with Gasteiger partial charge in [-0.3, -0.25) is 0 Å². The first-order valence-electron chi connectivity index (χ1n) is 5.50. The van der Waals surface area contributed by atoms with Gasteiger partial charge in [-0.25, -0.2) is 0 Å². The molecule has 0 heterocycles. The van der Waals surface area contributed by atoms with Crippen molar-refractivity contribution in [2.45, 2.75) is 52.6 Å². The quantitative estimate of drug-likeness (QED) is 0.714. The second-order valence-corrected chi connectivity index (χ2v) is 5.04. The summed E-state index contributed by atoms with van der Waals surface area (Å²) in [7, 11) is 0. The number of rotatable bonds is 2. The molecular formula is C13H22O. The third-order valence-corrected chi connectivity index (χ3v) is 3.05. The third-order valence-electron chi connectivity index (χ3n) is 3.05. The molecule has 1 saturated carbocycles. The lowest BCUT2D eigenvalue weighted by atomic mass is 9.71. The summed E-state index contributed by atoms with van der Waals surface area (Å²) in [5.74, 6) is 0. The van der Waals surface area contributed by atoms with E-state index in [1.807, 2.05) is 6.92 Å². The van der Waals surface area contributed by atoms with Gasteiger partial charge in [0.25, 0.3) is 0 Å². The fourth-order valence-electron chi connectivity index (χ4n) is 2.20. The molecule has 80 valence electrons. The lowest BCUT2D eigenvalue weighted by Gasteiger charge is -2.34. The molecule has 1 rings (SSSR count). The molecule has 1 atom stereocenters. The molecule has 1 aliphatic carbocycles. The van der Waals surface area contributed by atoms with Crippen molar-refractivity contribution in [3.63, 3.8) is 0 Å². The van der Waals surface area contributed by atoms with Crippen molar-refractivity contribution >= 4 is 0 Å². The minimum Gasteiger partial charge on any atom is -0.393 e. The van der Waals surface area contributed by atoms with Crippen LogP contribution in [0.15, 0.2) is 23.8 Å². The highest BCUT2D eigenvalue weighted by Gasteiger charge is 2.28. The van der Waals surface area contributed by atoms with Gasteiger partial charge in [-0.2, -0.15) is 0 Å². The predicted octanol–water partition coefficient (Wildman–Crippen LogP) is 3.45. The van der Waals surface area contributed by atoms with E-state index in [0.717, 1.165) is 12.8 Å². The molecule has 0 aliphatic heterocycles. The minimum absolute atomic E-state index is 0.243. The molecule has 0 aromatic rings. The second kappa shape index (κ2) is 4.31. The number of aliphatic hydroxyl groups is 1. The molecular weight excluding hydrogens is 172 g/mol. The van der Waals surface area contributed by atoms with Crippen LogP contribution in [0.25, 0.3) is 0 Å². The Kier molecular flexibility index (Phi) is 3.54. The van der Waals surface area contributed by atoms with Gasteiger partial charge in [0.15, 0.2) is 0 Å². The number of allylic oxidation sites excluding steroid dienone is 2. The van der Waals surface area contributed by atoms with Crippen LogP contribution in [0.4, 0.5) is 0 Å². The molecule has 0 aromatic heterocycles. The molecule has 14 heavy (non-hydrogen) atoms. The molecule has 1 aliphatic rings. The lowest BCUT2D eigenvalue weighted by molar-refractivity contribution is 0.197. The van der Waals surface area contributed by atoms with Gasteiger partial charge in [-0.1, -0.05) is 32.1 Å². The number of hydrogen-bond donors (Lipinski definition) is 1. The topological polar surface area (TPSA) is 20.2 Å². The SMILES string of the molecule is C=C1CCCC(C)(C)/C1=C\CC(C)O. The number of hydrogen-bond acceptors (Lipinski definition) is 1. The van der Waals surface area contributed by atoms with Gasteiger partial charge >= 0.3 is 0 Å².